The molecule has 9 heteroatoms. The first kappa shape index (κ1) is 24.1. The summed E-state index contributed by atoms with van der Waals surface area (Å²) in [7, 11) is 1.72. The quantitative estimate of drug-likeness (QED) is 0.469. The van der Waals surface area contributed by atoms with Gasteiger partial charge in [0, 0.05) is 29.7 Å². The first-order valence-electron chi connectivity index (χ1n) is 10.4. The zero-order valence-corrected chi connectivity index (χ0v) is 19.8. The number of hydrogen-bond acceptors (Lipinski definition) is 5. The highest BCUT2D eigenvalue weighted by atomic mass is 35.5. The fraction of sp³-hybridized carbons (Fsp3) is 0.292. The number of aryl methyl sites for hydroxylation is 1. The highest BCUT2D eigenvalue weighted by molar-refractivity contribution is 6.31. The third-order valence-electron chi connectivity index (χ3n) is 4.56. The zero-order chi connectivity index (χ0) is 24.0. The van der Waals surface area contributed by atoms with E-state index in [-0.39, 0.29) is 6.61 Å². The van der Waals surface area contributed by atoms with Gasteiger partial charge in [-0.1, -0.05) is 41.9 Å². The molecule has 1 aromatic heterocycles. The number of halogens is 1. The van der Waals surface area contributed by atoms with E-state index in [1.807, 2.05) is 30.3 Å². The maximum atomic E-state index is 12.3. The Balaban J connectivity index is 1.61. The molecule has 174 valence electrons. The summed E-state index contributed by atoms with van der Waals surface area (Å²) in [5.41, 5.74) is 2.44. The van der Waals surface area contributed by atoms with Crippen LogP contribution in [-0.2, 0) is 22.9 Å². The molecule has 0 aliphatic rings. The molecule has 0 spiro atoms. The van der Waals surface area contributed by atoms with Crippen LogP contribution in [0, 0.1) is 0 Å². The summed E-state index contributed by atoms with van der Waals surface area (Å²) in [4.78, 5) is 24.3. The molecular formula is C24H27ClN4O4. The minimum atomic E-state index is -0.588. The monoisotopic (exact) mass is 470 g/mol. The summed E-state index contributed by atoms with van der Waals surface area (Å²) in [5, 5.41) is 10.3. The molecule has 8 nitrogen and oxygen atoms in total. The van der Waals surface area contributed by atoms with Crippen LogP contribution < -0.4 is 10.6 Å². The Labute approximate surface area is 197 Å². The van der Waals surface area contributed by atoms with Crippen molar-refractivity contribution < 1.29 is 19.1 Å². The first-order chi connectivity index (χ1) is 15.6. The SMILES string of the molecule is Cn1ncc(-c2ccc(NC(=O)OC(C)(C)C)cc2)c1NC(=O)OCCc1ccccc1Cl. The average molecular weight is 471 g/mol. The Kier molecular flexibility index (Phi) is 7.60. The first-order valence-corrected chi connectivity index (χ1v) is 10.8. The fourth-order valence-electron chi connectivity index (χ4n) is 3.04. The zero-order valence-electron chi connectivity index (χ0n) is 19.0. The summed E-state index contributed by atoms with van der Waals surface area (Å²) < 4.78 is 12.1. The van der Waals surface area contributed by atoms with Gasteiger partial charge in [0.15, 0.2) is 0 Å². The summed E-state index contributed by atoms with van der Waals surface area (Å²) in [6.07, 6.45) is 1.04. The largest absolute Gasteiger partial charge is 0.449 e. The number of nitrogens with one attached hydrogen (secondary N) is 2. The van der Waals surface area contributed by atoms with E-state index in [4.69, 9.17) is 21.1 Å². The van der Waals surface area contributed by atoms with Gasteiger partial charge in [0.25, 0.3) is 0 Å². The number of carbonyl (C=O) groups is 2. The van der Waals surface area contributed by atoms with E-state index in [0.29, 0.717) is 28.5 Å². The molecule has 0 radical (unpaired) electrons. The van der Waals surface area contributed by atoms with Gasteiger partial charge in [-0.05, 0) is 50.1 Å². The van der Waals surface area contributed by atoms with Gasteiger partial charge in [-0.3, -0.25) is 15.3 Å². The second kappa shape index (κ2) is 10.4. The molecule has 3 aromatic rings. The van der Waals surface area contributed by atoms with Gasteiger partial charge in [0.2, 0.25) is 0 Å². The molecule has 1 heterocycles. The minimum Gasteiger partial charge on any atom is -0.449 e. The molecule has 0 atom stereocenters. The van der Waals surface area contributed by atoms with Gasteiger partial charge in [0.1, 0.15) is 11.4 Å². The van der Waals surface area contributed by atoms with Crippen molar-refractivity contribution in [1.82, 2.24) is 9.78 Å². The highest BCUT2D eigenvalue weighted by Crippen LogP contribution is 2.29. The number of ether oxygens (including phenoxy) is 2. The maximum absolute atomic E-state index is 12.3. The lowest BCUT2D eigenvalue weighted by Gasteiger charge is -2.19. The van der Waals surface area contributed by atoms with E-state index in [1.165, 1.54) is 0 Å². The van der Waals surface area contributed by atoms with Crippen LogP contribution in [0.3, 0.4) is 0 Å². The number of anilines is 2. The lowest BCUT2D eigenvalue weighted by atomic mass is 10.1. The minimum absolute atomic E-state index is 0.188. The van der Waals surface area contributed by atoms with Crippen LogP contribution in [0.1, 0.15) is 26.3 Å². The Bertz CT molecular complexity index is 1120. The lowest BCUT2D eigenvalue weighted by Crippen LogP contribution is -2.27. The molecule has 0 saturated carbocycles. The van der Waals surface area contributed by atoms with Crippen LogP contribution in [0.15, 0.2) is 54.7 Å². The molecule has 0 aliphatic carbocycles. The van der Waals surface area contributed by atoms with Crippen molar-refractivity contribution in [2.45, 2.75) is 32.8 Å². The van der Waals surface area contributed by atoms with Crippen molar-refractivity contribution in [2.24, 2.45) is 7.05 Å². The Morgan fingerprint density at radius 1 is 1.03 bits per heavy atom. The van der Waals surface area contributed by atoms with E-state index in [2.05, 4.69) is 15.7 Å². The second-order valence-corrected chi connectivity index (χ2v) is 8.74. The predicted octanol–water partition coefficient (Wildman–Crippen LogP) is 5.88. The van der Waals surface area contributed by atoms with Crippen LogP contribution >= 0.6 is 11.6 Å². The molecule has 0 aliphatic heterocycles. The topological polar surface area (TPSA) is 94.5 Å². The van der Waals surface area contributed by atoms with Crippen LogP contribution in [0.4, 0.5) is 21.1 Å². The molecule has 0 unspecified atom stereocenters. The number of aromatic nitrogens is 2. The van der Waals surface area contributed by atoms with Crippen LogP contribution in [0.2, 0.25) is 5.02 Å². The van der Waals surface area contributed by atoms with Crippen LogP contribution in [0.5, 0.6) is 0 Å². The number of carbonyl (C=O) groups excluding carboxylic acids is 2. The summed E-state index contributed by atoms with van der Waals surface area (Å²) >= 11 is 6.13. The van der Waals surface area contributed by atoms with E-state index >= 15 is 0 Å². The van der Waals surface area contributed by atoms with Crippen molar-refractivity contribution in [3.63, 3.8) is 0 Å². The smallest absolute Gasteiger partial charge is 0.412 e. The van der Waals surface area contributed by atoms with Crippen molar-refractivity contribution >= 4 is 35.3 Å². The van der Waals surface area contributed by atoms with Gasteiger partial charge >= 0.3 is 12.2 Å². The van der Waals surface area contributed by atoms with Crippen molar-refractivity contribution in [3.05, 3.63) is 65.3 Å². The third-order valence-corrected chi connectivity index (χ3v) is 4.93. The van der Waals surface area contributed by atoms with Gasteiger partial charge in [-0.25, -0.2) is 9.59 Å². The Morgan fingerprint density at radius 2 is 1.73 bits per heavy atom. The highest BCUT2D eigenvalue weighted by Gasteiger charge is 2.17. The van der Waals surface area contributed by atoms with Crippen molar-refractivity contribution in [2.75, 3.05) is 17.2 Å². The van der Waals surface area contributed by atoms with Crippen LogP contribution in [0.25, 0.3) is 11.1 Å². The van der Waals surface area contributed by atoms with Crippen LogP contribution in [-0.4, -0.2) is 34.2 Å². The predicted molar refractivity (Wildman–Crippen MR) is 129 cm³/mol. The molecule has 2 amide bonds. The molecule has 0 fully saturated rings. The molecule has 2 aromatic carbocycles. The summed E-state index contributed by atoms with van der Waals surface area (Å²) in [6.45, 7) is 5.59. The molecule has 3 rings (SSSR count). The molecule has 2 N–H and O–H groups in total. The number of nitrogens with zero attached hydrogens (tertiary/aromatic N) is 2. The molecular weight excluding hydrogens is 444 g/mol. The number of hydrogen-bond donors (Lipinski definition) is 2. The summed E-state index contributed by atoms with van der Waals surface area (Å²) in [5.74, 6) is 0.491. The van der Waals surface area contributed by atoms with E-state index < -0.39 is 17.8 Å². The summed E-state index contributed by atoms with van der Waals surface area (Å²) in [6, 6.07) is 14.6. The third kappa shape index (κ3) is 6.98. The molecule has 33 heavy (non-hydrogen) atoms. The fourth-order valence-corrected chi connectivity index (χ4v) is 3.27. The van der Waals surface area contributed by atoms with E-state index in [1.54, 1.807) is 56.9 Å². The second-order valence-electron chi connectivity index (χ2n) is 8.34. The standard InChI is InChI=1S/C24H27ClN4O4/c1-24(2,3)33-23(31)27-18-11-9-16(10-12-18)19-15-26-29(4)21(19)28-22(30)32-14-13-17-7-5-6-8-20(17)25/h5-12,15H,13-14H2,1-4H3,(H,27,31)(H,28,30). The van der Waals surface area contributed by atoms with Crippen molar-refractivity contribution in [1.29, 1.82) is 0 Å². The van der Waals surface area contributed by atoms with Crippen molar-refractivity contribution in [3.8, 4) is 11.1 Å². The molecule has 0 bridgehead atoms. The van der Waals surface area contributed by atoms with Gasteiger partial charge < -0.3 is 9.47 Å². The van der Waals surface area contributed by atoms with E-state index in [9.17, 15) is 9.59 Å². The Hall–Kier alpha value is -3.52. The normalized spacial score (nSPS) is 11.1. The molecule has 0 saturated heterocycles. The van der Waals surface area contributed by atoms with Gasteiger partial charge in [-0.15, -0.1) is 0 Å². The lowest BCUT2D eigenvalue weighted by molar-refractivity contribution is 0.0636. The number of amides is 2. The maximum Gasteiger partial charge on any atom is 0.412 e. The van der Waals surface area contributed by atoms with Gasteiger partial charge in [-0.2, -0.15) is 5.10 Å². The number of rotatable bonds is 6. The van der Waals surface area contributed by atoms with Gasteiger partial charge in [0.05, 0.1) is 12.8 Å². The van der Waals surface area contributed by atoms with E-state index in [0.717, 1.165) is 11.1 Å². The number of benzene rings is 2. The Morgan fingerprint density at radius 3 is 2.39 bits per heavy atom. The average Bonchev–Trinajstić information content (AvgIpc) is 3.09.